The summed E-state index contributed by atoms with van der Waals surface area (Å²) in [4.78, 5) is 12.4. The van der Waals surface area contributed by atoms with Gasteiger partial charge in [-0.05, 0) is 80.6 Å². The summed E-state index contributed by atoms with van der Waals surface area (Å²) < 4.78 is 0. The lowest BCUT2D eigenvalue weighted by atomic mass is 9.64. The number of aliphatic hydroxyl groups is 1. The molecule has 0 bridgehead atoms. The van der Waals surface area contributed by atoms with Crippen molar-refractivity contribution in [2.45, 2.75) is 115 Å². The van der Waals surface area contributed by atoms with Gasteiger partial charge in [-0.2, -0.15) is 0 Å². The third-order valence-corrected chi connectivity index (χ3v) is 8.02. The molecule has 0 radical (unpaired) electrons. The van der Waals surface area contributed by atoms with Crippen LogP contribution in [-0.2, 0) is 4.79 Å². The minimum atomic E-state index is -0.0841. The monoisotopic (exact) mass is 374 g/mol. The minimum Gasteiger partial charge on any atom is -0.393 e. The molecule has 3 rings (SSSR count). The molecule has 0 spiro atoms. The van der Waals surface area contributed by atoms with Crippen molar-refractivity contribution in [2.24, 2.45) is 23.7 Å². The van der Waals surface area contributed by atoms with Crippen molar-refractivity contribution in [1.82, 2.24) is 0 Å². The second kappa shape index (κ2) is 10.8. The van der Waals surface area contributed by atoms with Gasteiger partial charge in [-0.3, -0.25) is 4.79 Å². The second-order valence-corrected chi connectivity index (χ2v) is 9.89. The van der Waals surface area contributed by atoms with Crippen LogP contribution in [0.3, 0.4) is 0 Å². The smallest absolute Gasteiger partial charge is 0.158 e. The number of rotatable bonds is 9. The number of unbranched alkanes of at least 4 members (excludes halogenated alkanes) is 1. The Morgan fingerprint density at radius 2 is 1.56 bits per heavy atom. The number of allylic oxidation sites excluding steroid dienone is 1. The number of Topliss-reactive ketones (excluding diaryl/α,β-unsaturated/α-hetero) is 1. The zero-order valence-electron chi connectivity index (χ0n) is 17.5. The van der Waals surface area contributed by atoms with E-state index in [0.29, 0.717) is 18.1 Å². The van der Waals surface area contributed by atoms with Crippen molar-refractivity contribution in [3.8, 4) is 0 Å². The van der Waals surface area contributed by atoms with E-state index in [1.165, 1.54) is 57.8 Å². The summed E-state index contributed by atoms with van der Waals surface area (Å²) in [6, 6.07) is 0. The molecular weight excluding hydrogens is 332 g/mol. The van der Waals surface area contributed by atoms with Crippen LogP contribution in [0.5, 0.6) is 0 Å². The van der Waals surface area contributed by atoms with Crippen LogP contribution < -0.4 is 0 Å². The van der Waals surface area contributed by atoms with Crippen molar-refractivity contribution in [3.05, 3.63) is 12.2 Å². The van der Waals surface area contributed by atoms with Crippen molar-refractivity contribution in [1.29, 1.82) is 0 Å². The summed E-state index contributed by atoms with van der Waals surface area (Å²) in [6.07, 6.45) is 20.6. The van der Waals surface area contributed by atoms with Crippen molar-refractivity contribution < 1.29 is 9.90 Å². The predicted octanol–water partition coefficient (Wildman–Crippen LogP) is 6.61. The van der Waals surface area contributed by atoms with Crippen LogP contribution in [0.4, 0.5) is 0 Å². The van der Waals surface area contributed by atoms with Crippen LogP contribution in [0, 0.1) is 23.7 Å². The minimum absolute atomic E-state index is 0.0841. The highest BCUT2D eigenvalue weighted by molar-refractivity contribution is 5.94. The molecule has 3 aliphatic carbocycles. The largest absolute Gasteiger partial charge is 0.393 e. The number of hydrogen-bond acceptors (Lipinski definition) is 2. The lowest BCUT2D eigenvalue weighted by Gasteiger charge is -2.41. The van der Waals surface area contributed by atoms with Crippen LogP contribution in [0.2, 0.25) is 0 Å². The Balaban J connectivity index is 1.28. The van der Waals surface area contributed by atoms with Crippen LogP contribution in [-0.4, -0.2) is 17.0 Å². The van der Waals surface area contributed by atoms with E-state index >= 15 is 0 Å². The Bertz CT molecular complexity index is 473. The molecule has 3 atom stereocenters. The number of carbonyl (C=O) groups is 1. The van der Waals surface area contributed by atoms with Gasteiger partial charge < -0.3 is 5.11 Å². The molecule has 27 heavy (non-hydrogen) atoms. The molecule has 0 aliphatic heterocycles. The number of hydrogen-bond donors (Lipinski definition) is 1. The van der Waals surface area contributed by atoms with Gasteiger partial charge in [0.05, 0.1) is 6.10 Å². The van der Waals surface area contributed by atoms with Gasteiger partial charge >= 0.3 is 0 Å². The molecule has 0 amide bonds. The Morgan fingerprint density at radius 1 is 0.815 bits per heavy atom. The van der Waals surface area contributed by atoms with E-state index in [4.69, 9.17) is 0 Å². The van der Waals surface area contributed by atoms with Gasteiger partial charge in [0, 0.05) is 6.42 Å². The fourth-order valence-corrected chi connectivity index (χ4v) is 6.25. The third-order valence-electron chi connectivity index (χ3n) is 8.02. The third kappa shape index (κ3) is 6.44. The highest BCUT2D eigenvalue weighted by atomic mass is 16.3. The highest BCUT2D eigenvalue weighted by Crippen LogP contribution is 2.45. The van der Waals surface area contributed by atoms with Crippen molar-refractivity contribution in [2.75, 3.05) is 0 Å². The Morgan fingerprint density at radius 3 is 2.37 bits per heavy atom. The second-order valence-electron chi connectivity index (χ2n) is 9.89. The summed E-state index contributed by atoms with van der Waals surface area (Å²) in [5, 5.41) is 9.60. The fourth-order valence-electron chi connectivity index (χ4n) is 6.25. The van der Waals surface area contributed by atoms with E-state index in [2.05, 4.69) is 6.58 Å². The van der Waals surface area contributed by atoms with Crippen LogP contribution in [0.1, 0.15) is 109 Å². The van der Waals surface area contributed by atoms with Gasteiger partial charge in [-0.25, -0.2) is 0 Å². The first-order valence-corrected chi connectivity index (χ1v) is 12.0. The number of carbonyl (C=O) groups excluding carboxylic acids is 1. The lowest BCUT2D eigenvalue weighted by Crippen LogP contribution is -2.30. The van der Waals surface area contributed by atoms with Gasteiger partial charge in [0.25, 0.3) is 0 Å². The molecule has 3 aliphatic rings. The van der Waals surface area contributed by atoms with Crippen LogP contribution >= 0.6 is 0 Å². The van der Waals surface area contributed by atoms with Gasteiger partial charge in [0.2, 0.25) is 0 Å². The predicted molar refractivity (Wildman–Crippen MR) is 113 cm³/mol. The lowest BCUT2D eigenvalue weighted by molar-refractivity contribution is -0.115. The Labute approximate surface area is 167 Å². The Kier molecular flexibility index (Phi) is 8.43. The number of ketones is 1. The molecule has 0 aromatic heterocycles. The summed E-state index contributed by atoms with van der Waals surface area (Å²) >= 11 is 0. The first-order chi connectivity index (χ1) is 13.1. The maximum Gasteiger partial charge on any atom is 0.158 e. The summed E-state index contributed by atoms with van der Waals surface area (Å²) in [6.45, 7) is 4.08. The molecule has 0 saturated heterocycles. The van der Waals surface area contributed by atoms with E-state index in [1.54, 1.807) is 0 Å². The van der Waals surface area contributed by atoms with E-state index in [1.807, 2.05) is 0 Å². The topological polar surface area (TPSA) is 37.3 Å². The van der Waals surface area contributed by atoms with Gasteiger partial charge in [-0.1, -0.05) is 57.9 Å². The summed E-state index contributed by atoms with van der Waals surface area (Å²) in [7, 11) is 0. The maximum atomic E-state index is 12.4. The zero-order valence-corrected chi connectivity index (χ0v) is 17.5. The number of aliphatic hydroxyl groups excluding tert-OH is 1. The molecule has 3 saturated carbocycles. The van der Waals surface area contributed by atoms with Crippen molar-refractivity contribution >= 4 is 5.78 Å². The van der Waals surface area contributed by atoms with Gasteiger partial charge in [-0.15, -0.1) is 0 Å². The summed E-state index contributed by atoms with van der Waals surface area (Å²) in [5.74, 6) is 3.98. The average Bonchev–Trinajstić information content (AvgIpc) is 2.70. The molecule has 3 fully saturated rings. The molecule has 3 unspecified atom stereocenters. The normalized spacial score (nSPS) is 34.0. The van der Waals surface area contributed by atoms with E-state index in [0.717, 1.165) is 68.3 Å². The van der Waals surface area contributed by atoms with Crippen molar-refractivity contribution in [3.63, 3.8) is 0 Å². The molecule has 0 aromatic rings. The van der Waals surface area contributed by atoms with Gasteiger partial charge in [0.15, 0.2) is 5.78 Å². The number of fused-ring (bicyclic) bond motifs is 1. The van der Waals surface area contributed by atoms with Crippen LogP contribution in [0.25, 0.3) is 0 Å². The molecular formula is C25H42O2. The van der Waals surface area contributed by atoms with E-state index in [-0.39, 0.29) is 6.10 Å². The standard InChI is InChI=1S/C25H42O2/c1-19(13-14-20-15-17-23(26)18-16-20)25(27)12-5-3-8-22-10-6-9-21-7-2-4-11-24(21)22/h20-24,26H,1-18H2. The summed E-state index contributed by atoms with van der Waals surface area (Å²) in [5.41, 5.74) is 0.853. The molecule has 1 N–H and O–H groups in total. The molecule has 154 valence electrons. The molecule has 2 heteroatoms. The highest BCUT2D eigenvalue weighted by Gasteiger charge is 2.34. The SMILES string of the molecule is C=C(CCC1CCC(O)CC1)C(=O)CCCCC1CCCC2CCCCC12. The maximum absolute atomic E-state index is 12.4. The molecule has 0 aromatic carbocycles. The zero-order chi connectivity index (χ0) is 19.1. The first-order valence-electron chi connectivity index (χ1n) is 12.0. The average molecular weight is 375 g/mol. The van der Waals surface area contributed by atoms with Gasteiger partial charge in [0.1, 0.15) is 0 Å². The quantitative estimate of drug-likeness (QED) is 0.364. The van der Waals surface area contributed by atoms with Crippen LogP contribution in [0.15, 0.2) is 12.2 Å². The Hall–Kier alpha value is -0.630. The van der Waals surface area contributed by atoms with E-state index in [9.17, 15) is 9.90 Å². The molecule has 0 heterocycles. The first kappa shape index (κ1) is 21.1. The fraction of sp³-hybridized carbons (Fsp3) is 0.880. The molecule has 2 nitrogen and oxygen atoms in total. The van der Waals surface area contributed by atoms with E-state index < -0.39 is 0 Å².